The number of halogens is 2. The summed E-state index contributed by atoms with van der Waals surface area (Å²) in [4.78, 5) is 4.19. The third-order valence-corrected chi connectivity index (χ3v) is 3.39. The molecule has 4 nitrogen and oxygen atoms in total. The van der Waals surface area contributed by atoms with Gasteiger partial charge in [-0.15, -0.1) is 0 Å². The number of nitrogens with two attached hydrogens (primary N) is 1. The van der Waals surface area contributed by atoms with Crippen molar-refractivity contribution < 1.29 is 4.39 Å². The van der Waals surface area contributed by atoms with Crippen LogP contribution in [0.2, 0.25) is 0 Å². The molecular formula is C13H16BrFN4. The van der Waals surface area contributed by atoms with Crippen molar-refractivity contribution in [2.75, 3.05) is 0 Å². The van der Waals surface area contributed by atoms with Gasteiger partial charge in [-0.3, -0.25) is 4.68 Å². The minimum atomic E-state index is -0.423. The topological polar surface area (TPSA) is 56.7 Å². The lowest BCUT2D eigenvalue weighted by atomic mass is 10.0. The molecule has 19 heavy (non-hydrogen) atoms. The molecule has 6 heteroatoms. The van der Waals surface area contributed by atoms with E-state index in [1.54, 1.807) is 12.1 Å². The number of hydrogen-bond acceptors (Lipinski definition) is 3. The van der Waals surface area contributed by atoms with Crippen LogP contribution in [0, 0.1) is 5.82 Å². The van der Waals surface area contributed by atoms with Gasteiger partial charge >= 0.3 is 0 Å². The van der Waals surface area contributed by atoms with Crippen molar-refractivity contribution in [3.8, 4) is 0 Å². The van der Waals surface area contributed by atoms with Crippen LogP contribution < -0.4 is 5.73 Å². The average Bonchev–Trinajstić information content (AvgIpc) is 2.77. The van der Waals surface area contributed by atoms with E-state index >= 15 is 0 Å². The highest BCUT2D eigenvalue weighted by Gasteiger charge is 2.15. The van der Waals surface area contributed by atoms with Crippen molar-refractivity contribution in [2.24, 2.45) is 5.73 Å². The molecular weight excluding hydrogens is 311 g/mol. The van der Waals surface area contributed by atoms with E-state index < -0.39 is 6.04 Å². The molecule has 0 amide bonds. The van der Waals surface area contributed by atoms with Crippen LogP contribution >= 0.6 is 15.9 Å². The summed E-state index contributed by atoms with van der Waals surface area (Å²) in [6.45, 7) is 2.87. The zero-order chi connectivity index (χ0) is 13.8. The predicted octanol–water partition coefficient (Wildman–Crippen LogP) is 2.83. The van der Waals surface area contributed by atoms with Crippen molar-refractivity contribution in [2.45, 2.75) is 32.4 Å². The standard InChI is InChI=1S/C13H16BrFN4/c1-2-5-19-13(17-8-18-19)7-12(16)10-4-3-9(14)6-11(10)15/h3-4,6,8,12H,2,5,7,16H2,1H3. The fourth-order valence-corrected chi connectivity index (χ4v) is 2.29. The molecule has 0 aliphatic carbocycles. The Bertz CT molecular complexity index is 555. The fourth-order valence-electron chi connectivity index (χ4n) is 1.95. The molecule has 0 radical (unpaired) electrons. The van der Waals surface area contributed by atoms with Gasteiger partial charge in [-0.25, -0.2) is 9.37 Å². The quantitative estimate of drug-likeness (QED) is 0.919. The Balaban J connectivity index is 2.16. The third kappa shape index (κ3) is 3.39. The largest absolute Gasteiger partial charge is 0.323 e. The third-order valence-electron chi connectivity index (χ3n) is 2.90. The van der Waals surface area contributed by atoms with Crippen LogP contribution in [0.1, 0.15) is 30.8 Å². The molecule has 0 spiro atoms. The van der Waals surface area contributed by atoms with Gasteiger partial charge in [-0.2, -0.15) is 5.10 Å². The molecule has 1 unspecified atom stereocenters. The Morgan fingerprint density at radius 2 is 2.26 bits per heavy atom. The Morgan fingerprint density at radius 3 is 2.95 bits per heavy atom. The summed E-state index contributed by atoms with van der Waals surface area (Å²) in [6, 6.07) is 4.49. The first-order valence-corrected chi connectivity index (χ1v) is 6.98. The molecule has 2 N–H and O–H groups in total. The van der Waals surface area contributed by atoms with Gasteiger partial charge in [0.05, 0.1) is 0 Å². The Labute approximate surface area is 120 Å². The maximum absolute atomic E-state index is 13.8. The summed E-state index contributed by atoms with van der Waals surface area (Å²) in [5.74, 6) is 0.486. The molecule has 0 bridgehead atoms. The van der Waals surface area contributed by atoms with Gasteiger partial charge in [-0.05, 0) is 18.6 Å². The summed E-state index contributed by atoms with van der Waals surface area (Å²) in [5.41, 5.74) is 6.56. The second-order valence-corrected chi connectivity index (χ2v) is 5.29. The Morgan fingerprint density at radius 1 is 1.47 bits per heavy atom. The first kappa shape index (κ1) is 14.1. The van der Waals surface area contributed by atoms with Crippen LogP contribution in [-0.4, -0.2) is 14.8 Å². The van der Waals surface area contributed by atoms with Crippen molar-refractivity contribution in [3.63, 3.8) is 0 Å². The predicted molar refractivity (Wildman–Crippen MR) is 75.0 cm³/mol. The summed E-state index contributed by atoms with van der Waals surface area (Å²) in [5, 5.41) is 4.14. The van der Waals surface area contributed by atoms with E-state index in [4.69, 9.17) is 5.73 Å². The highest BCUT2D eigenvalue weighted by Crippen LogP contribution is 2.21. The molecule has 0 saturated heterocycles. The van der Waals surface area contributed by atoms with E-state index in [1.807, 2.05) is 4.68 Å². The number of rotatable bonds is 5. The summed E-state index contributed by atoms with van der Waals surface area (Å²) >= 11 is 3.23. The lowest BCUT2D eigenvalue weighted by Gasteiger charge is -2.13. The zero-order valence-electron chi connectivity index (χ0n) is 10.7. The van der Waals surface area contributed by atoms with Gasteiger partial charge in [0.15, 0.2) is 0 Å². The Kier molecular flexibility index (Phi) is 4.66. The maximum Gasteiger partial charge on any atom is 0.138 e. The molecule has 0 fully saturated rings. The fraction of sp³-hybridized carbons (Fsp3) is 0.385. The van der Waals surface area contributed by atoms with Crippen LogP contribution in [-0.2, 0) is 13.0 Å². The number of nitrogens with zero attached hydrogens (tertiary/aromatic N) is 3. The van der Waals surface area contributed by atoms with Gasteiger partial charge in [0.1, 0.15) is 18.0 Å². The molecule has 1 heterocycles. The smallest absolute Gasteiger partial charge is 0.138 e. The maximum atomic E-state index is 13.8. The van der Waals surface area contributed by atoms with Crippen LogP contribution in [0.15, 0.2) is 29.0 Å². The molecule has 1 aromatic heterocycles. The molecule has 0 aliphatic rings. The van der Waals surface area contributed by atoms with E-state index in [9.17, 15) is 4.39 Å². The van der Waals surface area contributed by atoms with E-state index in [1.165, 1.54) is 12.4 Å². The summed E-state index contributed by atoms with van der Waals surface area (Å²) in [7, 11) is 0. The molecule has 102 valence electrons. The van der Waals surface area contributed by atoms with Gasteiger partial charge in [0.2, 0.25) is 0 Å². The highest BCUT2D eigenvalue weighted by atomic mass is 79.9. The van der Waals surface area contributed by atoms with Gasteiger partial charge in [0.25, 0.3) is 0 Å². The number of hydrogen-bond donors (Lipinski definition) is 1. The second-order valence-electron chi connectivity index (χ2n) is 4.38. The van der Waals surface area contributed by atoms with Crippen LogP contribution in [0.3, 0.4) is 0 Å². The van der Waals surface area contributed by atoms with Gasteiger partial charge in [-0.1, -0.05) is 28.9 Å². The van der Waals surface area contributed by atoms with E-state index in [2.05, 4.69) is 32.9 Å². The summed E-state index contributed by atoms with van der Waals surface area (Å²) in [6.07, 6.45) is 2.95. The van der Waals surface area contributed by atoms with Crippen molar-refractivity contribution in [1.82, 2.24) is 14.8 Å². The second kappa shape index (κ2) is 6.25. The molecule has 2 rings (SSSR count). The summed E-state index contributed by atoms with van der Waals surface area (Å²) < 4.78 is 16.3. The normalized spacial score (nSPS) is 12.6. The molecule has 0 saturated carbocycles. The van der Waals surface area contributed by atoms with Gasteiger partial charge < -0.3 is 5.73 Å². The molecule has 2 aromatic rings. The molecule has 1 atom stereocenters. The van der Waals surface area contributed by atoms with E-state index in [0.29, 0.717) is 16.5 Å². The van der Waals surface area contributed by atoms with E-state index in [-0.39, 0.29) is 5.82 Å². The first-order valence-electron chi connectivity index (χ1n) is 6.19. The van der Waals surface area contributed by atoms with E-state index in [0.717, 1.165) is 18.8 Å². The Hall–Kier alpha value is -1.27. The van der Waals surface area contributed by atoms with Crippen molar-refractivity contribution in [1.29, 1.82) is 0 Å². The highest BCUT2D eigenvalue weighted by molar-refractivity contribution is 9.10. The minimum Gasteiger partial charge on any atom is -0.323 e. The molecule has 0 aliphatic heterocycles. The SMILES string of the molecule is CCCn1ncnc1CC(N)c1ccc(Br)cc1F. The van der Waals surface area contributed by atoms with Crippen LogP contribution in [0.25, 0.3) is 0 Å². The number of aromatic nitrogens is 3. The van der Waals surface area contributed by atoms with Gasteiger partial charge in [0, 0.05) is 29.0 Å². The van der Waals surface area contributed by atoms with Crippen molar-refractivity contribution in [3.05, 3.63) is 46.2 Å². The minimum absolute atomic E-state index is 0.302. The molecule has 1 aromatic carbocycles. The lowest BCUT2D eigenvalue weighted by Crippen LogP contribution is -2.18. The number of benzene rings is 1. The average molecular weight is 327 g/mol. The number of aryl methyl sites for hydroxylation is 1. The van der Waals surface area contributed by atoms with Crippen LogP contribution in [0.5, 0.6) is 0 Å². The van der Waals surface area contributed by atoms with Crippen LogP contribution in [0.4, 0.5) is 4.39 Å². The first-order chi connectivity index (χ1) is 9.11. The zero-order valence-corrected chi connectivity index (χ0v) is 12.3. The monoisotopic (exact) mass is 326 g/mol. The lowest BCUT2D eigenvalue weighted by molar-refractivity contribution is 0.533. The van der Waals surface area contributed by atoms with Crippen molar-refractivity contribution >= 4 is 15.9 Å².